The lowest BCUT2D eigenvalue weighted by molar-refractivity contribution is 0.426. The number of halogens is 2. The van der Waals surface area contributed by atoms with Gasteiger partial charge in [-0.3, -0.25) is 0 Å². The summed E-state index contributed by atoms with van der Waals surface area (Å²) < 4.78 is 1.87. The van der Waals surface area contributed by atoms with E-state index in [0.29, 0.717) is 10.5 Å². The quantitative estimate of drug-likeness (QED) is 0.615. The minimum atomic E-state index is -1.43. The molecule has 2 nitrogen and oxygen atoms in total. The molecule has 1 aromatic heterocycles. The van der Waals surface area contributed by atoms with E-state index in [1.54, 1.807) is 5.38 Å². The van der Waals surface area contributed by atoms with Crippen molar-refractivity contribution in [3.63, 3.8) is 0 Å². The normalized spacial score (nSPS) is 10.9. The highest BCUT2D eigenvalue weighted by Crippen LogP contribution is 2.31. The summed E-state index contributed by atoms with van der Waals surface area (Å²) >= 11 is 9.66. The lowest BCUT2D eigenvalue weighted by atomic mass is 9.80. The van der Waals surface area contributed by atoms with Crippen molar-refractivity contribution in [1.82, 2.24) is 0 Å². The zero-order chi connectivity index (χ0) is 10.3. The minimum Gasteiger partial charge on any atom is -0.423 e. The third-order valence-electron chi connectivity index (χ3n) is 1.94. The smallest absolute Gasteiger partial charge is 0.423 e. The van der Waals surface area contributed by atoms with Gasteiger partial charge >= 0.3 is 7.12 Å². The molecule has 0 fully saturated rings. The predicted molar refractivity (Wildman–Crippen MR) is 69.4 cm³/mol. The minimum absolute atomic E-state index is 0.517. The van der Waals surface area contributed by atoms with Gasteiger partial charge in [-0.25, -0.2) is 0 Å². The molecule has 0 bridgehead atoms. The first kappa shape index (κ1) is 10.7. The van der Waals surface area contributed by atoms with E-state index < -0.39 is 7.12 Å². The van der Waals surface area contributed by atoms with Crippen LogP contribution in [-0.2, 0) is 0 Å². The van der Waals surface area contributed by atoms with Crippen molar-refractivity contribution in [2.45, 2.75) is 0 Å². The van der Waals surface area contributed by atoms with E-state index in [1.807, 2.05) is 12.1 Å². The van der Waals surface area contributed by atoms with Crippen molar-refractivity contribution in [3.05, 3.63) is 26.1 Å². The summed E-state index contributed by atoms with van der Waals surface area (Å²) in [6, 6.07) is 3.72. The van der Waals surface area contributed by atoms with Crippen LogP contribution in [0, 0.1) is 3.57 Å². The van der Waals surface area contributed by atoms with Gasteiger partial charge in [0.15, 0.2) is 0 Å². The molecule has 0 saturated carbocycles. The molecule has 2 aromatic rings. The Kier molecular flexibility index (Phi) is 3.04. The molecule has 0 saturated heterocycles. The Morgan fingerprint density at radius 2 is 2.07 bits per heavy atom. The van der Waals surface area contributed by atoms with Gasteiger partial charge in [-0.05, 0) is 39.4 Å². The maximum absolute atomic E-state index is 9.09. The SMILES string of the molecule is OB(O)c1csc2c(Cl)c(I)ccc12. The fourth-order valence-corrected chi connectivity index (χ4v) is 3.21. The van der Waals surface area contributed by atoms with Crippen molar-refractivity contribution in [2.75, 3.05) is 0 Å². The van der Waals surface area contributed by atoms with E-state index in [1.165, 1.54) is 11.3 Å². The molecule has 2 rings (SSSR count). The number of hydrogen-bond donors (Lipinski definition) is 2. The van der Waals surface area contributed by atoms with Gasteiger partial charge in [-0.2, -0.15) is 0 Å². The van der Waals surface area contributed by atoms with Gasteiger partial charge in [0.25, 0.3) is 0 Å². The second-order valence-corrected chi connectivity index (χ2v) is 5.22. The van der Waals surface area contributed by atoms with Crippen LogP contribution in [0.15, 0.2) is 17.5 Å². The van der Waals surface area contributed by atoms with Crippen LogP contribution in [0.5, 0.6) is 0 Å². The van der Waals surface area contributed by atoms with Crippen molar-refractivity contribution >= 4 is 68.2 Å². The molecule has 1 heterocycles. The molecule has 0 unspecified atom stereocenters. The molecular weight excluding hydrogens is 333 g/mol. The highest BCUT2D eigenvalue weighted by Gasteiger charge is 2.18. The van der Waals surface area contributed by atoms with Crippen molar-refractivity contribution in [1.29, 1.82) is 0 Å². The van der Waals surface area contributed by atoms with Crippen LogP contribution in [0.25, 0.3) is 10.1 Å². The largest absolute Gasteiger partial charge is 0.489 e. The fourth-order valence-electron chi connectivity index (χ4n) is 1.26. The fraction of sp³-hybridized carbons (Fsp3) is 0. The summed E-state index contributed by atoms with van der Waals surface area (Å²) in [5, 5.41) is 21.4. The Labute approximate surface area is 104 Å². The molecule has 72 valence electrons. The van der Waals surface area contributed by atoms with Crippen LogP contribution in [0.2, 0.25) is 5.02 Å². The lowest BCUT2D eigenvalue weighted by Gasteiger charge is -1.99. The average molecular weight is 338 g/mol. The van der Waals surface area contributed by atoms with Crippen molar-refractivity contribution < 1.29 is 10.0 Å². The Morgan fingerprint density at radius 3 is 2.71 bits per heavy atom. The van der Waals surface area contributed by atoms with Crippen molar-refractivity contribution in [3.8, 4) is 0 Å². The van der Waals surface area contributed by atoms with Crippen molar-refractivity contribution in [2.24, 2.45) is 0 Å². The maximum atomic E-state index is 9.09. The summed E-state index contributed by atoms with van der Waals surface area (Å²) in [7, 11) is -1.43. The Balaban J connectivity index is 2.77. The Morgan fingerprint density at radius 1 is 1.36 bits per heavy atom. The number of thiophene rings is 1. The van der Waals surface area contributed by atoms with Crippen LogP contribution >= 0.6 is 45.5 Å². The molecule has 0 aliphatic carbocycles. The molecule has 6 heteroatoms. The molecule has 1 aromatic carbocycles. The molecule has 0 atom stereocenters. The first-order valence-corrected chi connectivity index (χ1v) is 6.16. The topological polar surface area (TPSA) is 40.5 Å². The van der Waals surface area contributed by atoms with Crippen LogP contribution in [-0.4, -0.2) is 17.2 Å². The summed E-state index contributed by atoms with van der Waals surface area (Å²) in [6.07, 6.45) is 0. The number of fused-ring (bicyclic) bond motifs is 1. The van der Waals surface area contributed by atoms with Crippen LogP contribution < -0.4 is 5.46 Å². The lowest BCUT2D eigenvalue weighted by Crippen LogP contribution is -2.28. The highest BCUT2D eigenvalue weighted by molar-refractivity contribution is 14.1. The molecular formula is C8H5BClIO2S. The van der Waals surface area contributed by atoms with E-state index >= 15 is 0 Å². The van der Waals surface area contributed by atoms with Gasteiger partial charge in [-0.15, -0.1) is 11.3 Å². The third-order valence-corrected chi connectivity index (χ3v) is 4.70. The van der Waals surface area contributed by atoms with Gasteiger partial charge in [0.2, 0.25) is 0 Å². The van der Waals surface area contributed by atoms with Gasteiger partial charge in [0, 0.05) is 9.03 Å². The first-order valence-electron chi connectivity index (χ1n) is 3.82. The first-order chi connectivity index (χ1) is 6.61. The number of hydrogen-bond acceptors (Lipinski definition) is 3. The van der Waals surface area contributed by atoms with Gasteiger partial charge in [0.1, 0.15) is 0 Å². The summed E-state index contributed by atoms with van der Waals surface area (Å²) in [5.74, 6) is 0. The van der Waals surface area contributed by atoms with Crippen LogP contribution in [0.4, 0.5) is 0 Å². The molecule has 14 heavy (non-hydrogen) atoms. The van der Waals surface area contributed by atoms with E-state index in [0.717, 1.165) is 13.7 Å². The molecule has 0 radical (unpaired) electrons. The van der Waals surface area contributed by atoms with Crippen LogP contribution in [0.3, 0.4) is 0 Å². The second-order valence-electron chi connectivity index (χ2n) is 2.80. The van der Waals surface area contributed by atoms with E-state index in [9.17, 15) is 0 Å². The van der Waals surface area contributed by atoms with Crippen LogP contribution in [0.1, 0.15) is 0 Å². The standard InChI is InChI=1S/C8H5BClIO2S/c10-7-6(11)2-1-4-5(9(12)13)3-14-8(4)7/h1-3,12-13H. The Hall–Kier alpha value is 0.185. The molecule has 0 aliphatic rings. The summed E-state index contributed by atoms with van der Waals surface area (Å²) in [5.41, 5.74) is 0.517. The molecule has 2 N–H and O–H groups in total. The van der Waals surface area contributed by atoms with E-state index in [2.05, 4.69) is 22.6 Å². The maximum Gasteiger partial charge on any atom is 0.489 e. The zero-order valence-electron chi connectivity index (χ0n) is 6.87. The molecule has 0 aliphatic heterocycles. The van der Waals surface area contributed by atoms with Gasteiger partial charge in [-0.1, -0.05) is 17.7 Å². The predicted octanol–water partition coefficient (Wildman–Crippen LogP) is 1.84. The molecule has 0 spiro atoms. The number of rotatable bonds is 1. The van der Waals surface area contributed by atoms with Gasteiger partial charge < -0.3 is 10.0 Å². The highest BCUT2D eigenvalue weighted by atomic mass is 127. The van der Waals surface area contributed by atoms with Gasteiger partial charge in [0.05, 0.1) is 9.72 Å². The average Bonchev–Trinajstić information content (AvgIpc) is 2.55. The molecule has 0 amide bonds. The monoisotopic (exact) mass is 338 g/mol. The van der Waals surface area contributed by atoms with E-state index in [4.69, 9.17) is 21.6 Å². The zero-order valence-corrected chi connectivity index (χ0v) is 10.6. The summed E-state index contributed by atoms with van der Waals surface area (Å²) in [6.45, 7) is 0. The third kappa shape index (κ3) is 1.67. The summed E-state index contributed by atoms with van der Waals surface area (Å²) in [4.78, 5) is 0. The van der Waals surface area contributed by atoms with E-state index in [-0.39, 0.29) is 0 Å². The Bertz CT molecular complexity index is 485. The second kappa shape index (κ2) is 3.98. The number of benzene rings is 1.